The third kappa shape index (κ3) is 6.20. The molecule has 0 fully saturated rings. The zero-order valence-electron chi connectivity index (χ0n) is 11.0. The van der Waals surface area contributed by atoms with Gasteiger partial charge < -0.3 is 15.6 Å². The number of benzene rings is 1. The third-order valence-corrected chi connectivity index (χ3v) is 2.86. The van der Waals surface area contributed by atoms with Crippen molar-refractivity contribution in [3.63, 3.8) is 0 Å². The Balaban J connectivity index is 2.38. The Hall–Kier alpha value is -1.62. The van der Waals surface area contributed by atoms with E-state index >= 15 is 0 Å². The molecule has 0 saturated carbocycles. The molecule has 2 unspecified atom stereocenters. The molecule has 0 spiro atoms. The first kappa shape index (κ1) is 15.4. The highest BCUT2D eigenvalue weighted by molar-refractivity contribution is 5.67. The number of carboxylic acid groups (broad SMARTS) is 1. The van der Waals surface area contributed by atoms with E-state index in [1.165, 1.54) is 12.1 Å². The molecule has 5 heteroatoms. The van der Waals surface area contributed by atoms with Crippen LogP contribution in [0, 0.1) is 17.7 Å². The Kier molecular flexibility index (Phi) is 6.29. The zero-order chi connectivity index (χ0) is 14.3. The summed E-state index contributed by atoms with van der Waals surface area (Å²) in [6.07, 6.45) is 0.749. The van der Waals surface area contributed by atoms with Gasteiger partial charge >= 0.3 is 5.97 Å². The van der Waals surface area contributed by atoms with Gasteiger partial charge in [-0.3, -0.25) is 4.79 Å². The number of halogens is 1. The van der Waals surface area contributed by atoms with Crippen LogP contribution in [0.4, 0.5) is 4.39 Å². The van der Waals surface area contributed by atoms with Gasteiger partial charge in [-0.15, -0.1) is 0 Å². The topological polar surface area (TPSA) is 72.5 Å². The maximum Gasteiger partial charge on any atom is 0.303 e. The molecule has 1 rings (SSSR count). The standard InChI is InChI=1S/C14H20FNO3/c1-10(5-11(8-16)6-14(17)18)9-19-13-4-2-3-12(15)7-13/h2-4,7,10-11H,5-6,8-9,16H2,1H3,(H,17,18). The Morgan fingerprint density at radius 1 is 1.53 bits per heavy atom. The molecule has 0 aliphatic heterocycles. The van der Waals surface area contributed by atoms with E-state index in [1.54, 1.807) is 12.1 Å². The molecule has 3 N–H and O–H groups in total. The summed E-state index contributed by atoms with van der Waals surface area (Å²) in [5, 5.41) is 8.74. The first-order valence-electron chi connectivity index (χ1n) is 6.31. The molecule has 0 saturated heterocycles. The zero-order valence-corrected chi connectivity index (χ0v) is 11.0. The largest absolute Gasteiger partial charge is 0.493 e. The first-order valence-corrected chi connectivity index (χ1v) is 6.31. The SMILES string of the molecule is CC(COc1cccc(F)c1)CC(CN)CC(=O)O. The Bertz CT molecular complexity index is 411. The lowest BCUT2D eigenvalue weighted by atomic mass is 9.94. The molecule has 1 aromatic carbocycles. The summed E-state index contributed by atoms with van der Waals surface area (Å²) in [7, 11) is 0. The molecule has 0 bridgehead atoms. The number of hydrogen-bond acceptors (Lipinski definition) is 3. The molecule has 0 aliphatic rings. The molecule has 0 amide bonds. The molecule has 0 aliphatic carbocycles. The fourth-order valence-electron chi connectivity index (χ4n) is 1.94. The predicted molar refractivity (Wildman–Crippen MR) is 70.5 cm³/mol. The van der Waals surface area contributed by atoms with Crippen LogP contribution < -0.4 is 10.5 Å². The van der Waals surface area contributed by atoms with Crippen molar-refractivity contribution in [1.82, 2.24) is 0 Å². The van der Waals surface area contributed by atoms with Crippen LogP contribution in [0.5, 0.6) is 5.75 Å². The van der Waals surface area contributed by atoms with E-state index < -0.39 is 5.97 Å². The average molecular weight is 269 g/mol. The van der Waals surface area contributed by atoms with Gasteiger partial charge in [0.1, 0.15) is 11.6 Å². The highest BCUT2D eigenvalue weighted by Crippen LogP contribution is 2.18. The maximum atomic E-state index is 12.9. The predicted octanol–water partition coefficient (Wildman–Crippen LogP) is 2.28. The lowest BCUT2D eigenvalue weighted by Crippen LogP contribution is -2.22. The second-order valence-corrected chi connectivity index (χ2v) is 4.81. The van der Waals surface area contributed by atoms with Gasteiger partial charge in [0, 0.05) is 12.5 Å². The molecule has 0 aromatic heterocycles. The highest BCUT2D eigenvalue weighted by Gasteiger charge is 2.15. The Morgan fingerprint density at radius 2 is 2.26 bits per heavy atom. The van der Waals surface area contributed by atoms with Crippen molar-refractivity contribution in [2.75, 3.05) is 13.2 Å². The molecule has 19 heavy (non-hydrogen) atoms. The van der Waals surface area contributed by atoms with Crippen LogP contribution in [0.3, 0.4) is 0 Å². The summed E-state index contributed by atoms with van der Waals surface area (Å²) in [5.74, 6) is -0.585. The summed E-state index contributed by atoms with van der Waals surface area (Å²) >= 11 is 0. The van der Waals surface area contributed by atoms with Gasteiger partial charge in [-0.25, -0.2) is 4.39 Å². The fraction of sp³-hybridized carbons (Fsp3) is 0.500. The minimum Gasteiger partial charge on any atom is -0.493 e. The highest BCUT2D eigenvalue weighted by atomic mass is 19.1. The van der Waals surface area contributed by atoms with E-state index in [-0.39, 0.29) is 24.1 Å². The van der Waals surface area contributed by atoms with E-state index in [0.717, 1.165) is 0 Å². The number of carbonyl (C=O) groups is 1. The number of carboxylic acids is 1. The van der Waals surface area contributed by atoms with Gasteiger partial charge in [0.25, 0.3) is 0 Å². The minimum atomic E-state index is -0.839. The smallest absolute Gasteiger partial charge is 0.303 e. The normalized spacial score (nSPS) is 13.8. The van der Waals surface area contributed by atoms with Crippen molar-refractivity contribution in [3.05, 3.63) is 30.1 Å². The van der Waals surface area contributed by atoms with Crippen LogP contribution in [-0.4, -0.2) is 24.2 Å². The fourth-order valence-corrected chi connectivity index (χ4v) is 1.94. The molecule has 4 nitrogen and oxygen atoms in total. The lowest BCUT2D eigenvalue weighted by Gasteiger charge is -2.18. The van der Waals surface area contributed by atoms with Gasteiger partial charge in [0.05, 0.1) is 6.61 Å². The molecular weight excluding hydrogens is 249 g/mol. The van der Waals surface area contributed by atoms with Gasteiger partial charge in [0.2, 0.25) is 0 Å². The molecule has 1 aromatic rings. The number of aliphatic carboxylic acids is 1. The van der Waals surface area contributed by atoms with E-state index in [9.17, 15) is 9.18 Å². The second kappa shape index (κ2) is 7.74. The van der Waals surface area contributed by atoms with Gasteiger partial charge in [-0.2, -0.15) is 0 Å². The van der Waals surface area contributed by atoms with Crippen molar-refractivity contribution >= 4 is 5.97 Å². The average Bonchev–Trinajstić information content (AvgIpc) is 2.35. The van der Waals surface area contributed by atoms with Crippen LogP contribution >= 0.6 is 0 Å². The molecule has 2 atom stereocenters. The molecule has 0 radical (unpaired) electrons. The van der Waals surface area contributed by atoms with Crippen LogP contribution in [0.15, 0.2) is 24.3 Å². The van der Waals surface area contributed by atoms with Crippen molar-refractivity contribution < 1.29 is 19.0 Å². The van der Waals surface area contributed by atoms with Crippen molar-refractivity contribution in [2.24, 2.45) is 17.6 Å². The van der Waals surface area contributed by atoms with Crippen LogP contribution in [0.2, 0.25) is 0 Å². The summed E-state index contributed by atoms with van der Waals surface area (Å²) in [4.78, 5) is 10.6. The van der Waals surface area contributed by atoms with Crippen molar-refractivity contribution in [2.45, 2.75) is 19.8 Å². The van der Waals surface area contributed by atoms with E-state index in [2.05, 4.69) is 0 Å². The molecular formula is C14H20FNO3. The summed E-state index contributed by atoms with van der Waals surface area (Å²) < 4.78 is 18.4. The van der Waals surface area contributed by atoms with Gasteiger partial charge in [-0.05, 0) is 36.9 Å². The Labute approximate surface area is 112 Å². The Morgan fingerprint density at radius 3 is 2.84 bits per heavy atom. The third-order valence-electron chi connectivity index (χ3n) is 2.86. The quantitative estimate of drug-likeness (QED) is 0.759. The van der Waals surface area contributed by atoms with E-state index in [4.69, 9.17) is 15.6 Å². The van der Waals surface area contributed by atoms with Gasteiger partial charge in [-0.1, -0.05) is 13.0 Å². The number of rotatable bonds is 8. The van der Waals surface area contributed by atoms with Crippen molar-refractivity contribution in [1.29, 1.82) is 0 Å². The lowest BCUT2D eigenvalue weighted by molar-refractivity contribution is -0.138. The minimum absolute atomic E-state index is 0.0522. The monoisotopic (exact) mass is 269 g/mol. The summed E-state index contributed by atoms with van der Waals surface area (Å²) in [6, 6.07) is 5.95. The van der Waals surface area contributed by atoms with Crippen LogP contribution in [-0.2, 0) is 4.79 Å². The van der Waals surface area contributed by atoms with E-state index in [0.29, 0.717) is 25.3 Å². The number of nitrogens with two attached hydrogens (primary N) is 1. The van der Waals surface area contributed by atoms with Crippen LogP contribution in [0.1, 0.15) is 19.8 Å². The number of hydrogen-bond donors (Lipinski definition) is 2. The molecule has 0 heterocycles. The van der Waals surface area contributed by atoms with Crippen LogP contribution in [0.25, 0.3) is 0 Å². The van der Waals surface area contributed by atoms with Crippen molar-refractivity contribution in [3.8, 4) is 5.75 Å². The summed E-state index contributed by atoms with van der Waals surface area (Å²) in [5.41, 5.74) is 5.54. The van der Waals surface area contributed by atoms with E-state index in [1.807, 2.05) is 6.92 Å². The maximum absolute atomic E-state index is 12.9. The number of ether oxygens (including phenoxy) is 1. The molecule has 106 valence electrons. The van der Waals surface area contributed by atoms with Gasteiger partial charge in [0.15, 0.2) is 0 Å². The second-order valence-electron chi connectivity index (χ2n) is 4.81. The summed E-state index contributed by atoms with van der Waals surface area (Å²) in [6.45, 7) is 2.72. The first-order chi connectivity index (χ1) is 9.01.